The second-order valence-corrected chi connectivity index (χ2v) is 13.4. The quantitative estimate of drug-likeness (QED) is 0.266. The summed E-state index contributed by atoms with van der Waals surface area (Å²) in [6.07, 6.45) is 7.05. The van der Waals surface area contributed by atoms with Crippen LogP contribution in [0.4, 0.5) is 4.79 Å². The largest absolute Gasteiger partial charge is 0.449 e. The zero-order chi connectivity index (χ0) is 33.3. The number of amides is 2. The van der Waals surface area contributed by atoms with Gasteiger partial charge in [0.15, 0.2) is 5.78 Å². The molecule has 0 saturated carbocycles. The fourth-order valence-electron chi connectivity index (χ4n) is 5.45. The van der Waals surface area contributed by atoms with Gasteiger partial charge in [-0.3, -0.25) is 14.4 Å². The lowest BCUT2D eigenvalue weighted by Gasteiger charge is -2.22. The Hall–Kier alpha value is -4.25. The molecule has 0 unspecified atom stereocenters. The number of hydrogen-bond acceptors (Lipinski definition) is 7. The number of carbonyl (C=O) groups is 3. The molecule has 248 valence electrons. The number of fused-ring (bicyclic) bond motifs is 1. The minimum atomic E-state index is -0.897. The minimum absolute atomic E-state index is 0.0966. The number of nitrogens with zero attached hydrogens (tertiary/aromatic N) is 3. The van der Waals surface area contributed by atoms with Crippen molar-refractivity contribution in [3.05, 3.63) is 76.0 Å². The first-order chi connectivity index (χ1) is 21.9. The van der Waals surface area contributed by atoms with Crippen molar-refractivity contribution in [2.24, 2.45) is 11.3 Å². The van der Waals surface area contributed by atoms with Gasteiger partial charge >= 0.3 is 6.09 Å². The number of benzene rings is 1. The molecule has 2 aromatic heterocycles. The van der Waals surface area contributed by atoms with E-state index < -0.39 is 12.1 Å². The number of alkyl carbamates (subject to hydrolysis) is 1. The topological polar surface area (TPSA) is 136 Å². The van der Waals surface area contributed by atoms with Gasteiger partial charge in [0.25, 0.3) is 5.56 Å². The number of ketones is 1. The normalized spacial score (nSPS) is 14.8. The van der Waals surface area contributed by atoms with E-state index in [1.54, 1.807) is 38.5 Å². The second-order valence-electron chi connectivity index (χ2n) is 13.4. The Kier molecular flexibility index (Phi) is 11.9. The number of likely N-dealkylation sites (N-methyl/N-ethyl adjacent to an activating group) is 1. The lowest BCUT2D eigenvalue weighted by atomic mass is 9.88. The number of allylic oxidation sites excluding steroid dienone is 1. The first-order valence-corrected chi connectivity index (χ1v) is 16.0. The summed E-state index contributed by atoms with van der Waals surface area (Å²) < 4.78 is 12.3. The highest BCUT2D eigenvalue weighted by Crippen LogP contribution is 2.25. The molecular weight excluding hydrogens is 586 g/mol. The zero-order valence-corrected chi connectivity index (χ0v) is 27.6. The van der Waals surface area contributed by atoms with E-state index in [0.29, 0.717) is 31.0 Å². The van der Waals surface area contributed by atoms with Crippen LogP contribution in [-0.4, -0.2) is 77.2 Å². The number of aromatic nitrogens is 3. The molecule has 0 bridgehead atoms. The SMILES string of the molecule is CN(C)C(=O)/C=C/CC[C@H](NC(=O)OCC1CCOCC1)C(=O)Cc1cccn(Cc2nc3c(CC(C)(C)C)cccc3[nH]2)c1=O. The summed E-state index contributed by atoms with van der Waals surface area (Å²) in [4.78, 5) is 61.3. The van der Waals surface area contributed by atoms with Gasteiger partial charge in [-0.2, -0.15) is 0 Å². The average Bonchev–Trinajstić information content (AvgIpc) is 3.43. The van der Waals surface area contributed by atoms with Crippen molar-refractivity contribution in [2.75, 3.05) is 33.9 Å². The van der Waals surface area contributed by atoms with E-state index in [1.807, 2.05) is 12.1 Å². The summed E-state index contributed by atoms with van der Waals surface area (Å²) in [5.41, 5.74) is 3.06. The Morgan fingerprint density at radius 2 is 1.89 bits per heavy atom. The number of H-pyrrole nitrogens is 1. The smallest absolute Gasteiger partial charge is 0.407 e. The van der Waals surface area contributed by atoms with Crippen LogP contribution in [-0.2, 0) is 38.4 Å². The van der Waals surface area contributed by atoms with E-state index in [4.69, 9.17) is 14.5 Å². The number of imidazole rings is 1. The van der Waals surface area contributed by atoms with Crippen LogP contribution in [0.15, 0.2) is 53.5 Å². The van der Waals surface area contributed by atoms with Crippen molar-refractivity contribution in [3.8, 4) is 0 Å². The summed E-state index contributed by atoms with van der Waals surface area (Å²) in [6.45, 7) is 8.29. The predicted octanol–water partition coefficient (Wildman–Crippen LogP) is 4.42. The molecule has 0 aliphatic carbocycles. The summed E-state index contributed by atoms with van der Waals surface area (Å²) in [5, 5.41) is 2.70. The van der Waals surface area contributed by atoms with Gasteiger partial charge in [-0.05, 0) is 67.2 Å². The molecule has 3 heterocycles. The highest BCUT2D eigenvalue weighted by Gasteiger charge is 2.24. The monoisotopic (exact) mass is 633 g/mol. The Labute approximate surface area is 270 Å². The van der Waals surface area contributed by atoms with Crippen LogP contribution in [0.1, 0.15) is 63.4 Å². The first kappa shape index (κ1) is 34.6. The van der Waals surface area contributed by atoms with Crippen LogP contribution < -0.4 is 10.9 Å². The first-order valence-electron chi connectivity index (χ1n) is 16.0. The fourth-order valence-corrected chi connectivity index (χ4v) is 5.45. The van der Waals surface area contributed by atoms with Crippen LogP contribution in [0.5, 0.6) is 0 Å². The van der Waals surface area contributed by atoms with Crippen molar-refractivity contribution in [1.29, 1.82) is 0 Å². The Balaban J connectivity index is 1.46. The van der Waals surface area contributed by atoms with Crippen molar-refractivity contribution < 1.29 is 23.9 Å². The van der Waals surface area contributed by atoms with Crippen LogP contribution in [0, 0.1) is 11.3 Å². The third-order valence-corrected chi connectivity index (χ3v) is 7.94. The highest BCUT2D eigenvalue weighted by molar-refractivity contribution is 5.89. The Morgan fingerprint density at radius 1 is 1.15 bits per heavy atom. The number of ether oxygens (including phenoxy) is 2. The van der Waals surface area contributed by atoms with E-state index >= 15 is 0 Å². The molecule has 1 fully saturated rings. The van der Waals surface area contributed by atoms with E-state index in [1.165, 1.54) is 15.5 Å². The van der Waals surface area contributed by atoms with Gasteiger partial charge < -0.3 is 29.2 Å². The number of rotatable bonds is 13. The predicted molar refractivity (Wildman–Crippen MR) is 177 cm³/mol. The van der Waals surface area contributed by atoms with Crippen LogP contribution >= 0.6 is 0 Å². The van der Waals surface area contributed by atoms with Gasteiger partial charge in [0.05, 0.1) is 30.2 Å². The van der Waals surface area contributed by atoms with Gasteiger partial charge in [0.2, 0.25) is 5.91 Å². The Morgan fingerprint density at radius 3 is 2.61 bits per heavy atom. The molecular formula is C35H47N5O6. The molecule has 1 atom stereocenters. The molecule has 1 aliphatic heterocycles. The zero-order valence-electron chi connectivity index (χ0n) is 27.6. The van der Waals surface area contributed by atoms with Crippen LogP contribution in [0.3, 0.4) is 0 Å². The molecule has 1 aliphatic rings. The van der Waals surface area contributed by atoms with E-state index in [2.05, 4.69) is 37.1 Å². The number of pyridine rings is 1. The molecule has 11 heteroatoms. The lowest BCUT2D eigenvalue weighted by Crippen LogP contribution is -2.43. The fraction of sp³-hybridized carbons (Fsp3) is 0.514. The minimum Gasteiger partial charge on any atom is -0.449 e. The number of carbonyl (C=O) groups excluding carboxylic acids is 3. The van der Waals surface area contributed by atoms with Crippen molar-refractivity contribution >= 4 is 28.8 Å². The number of para-hydroxylation sites is 1. The standard InChI is InChI=1S/C35H47N5O6/c1-35(2,3)21-26-10-8-13-28-32(26)38-30(36-28)22-40-17-9-11-25(33(40)43)20-29(41)27(12-6-7-14-31(42)39(4)5)37-34(44)46-23-24-15-18-45-19-16-24/h7-11,13-14,17,24,27H,6,12,15-16,18-23H2,1-5H3,(H,36,38)(H,37,44)/b14-7+/t27-/m0/s1. The molecule has 4 rings (SSSR count). The lowest BCUT2D eigenvalue weighted by molar-refractivity contribution is -0.123. The molecule has 0 radical (unpaired) electrons. The van der Waals surface area contributed by atoms with Crippen LogP contribution in [0.2, 0.25) is 0 Å². The van der Waals surface area contributed by atoms with Gasteiger partial charge in [0.1, 0.15) is 5.82 Å². The van der Waals surface area contributed by atoms with Crippen molar-refractivity contribution in [3.63, 3.8) is 0 Å². The summed E-state index contributed by atoms with van der Waals surface area (Å²) in [7, 11) is 3.31. The molecule has 46 heavy (non-hydrogen) atoms. The van der Waals surface area contributed by atoms with Crippen LogP contribution in [0.25, 0.3) is 11.0 Å². The van der Waals surface area contributed by atoms with E-state index in [0.717, 1.165) is 35.9 Å². The number of hydrogen-bond donors (Lipinski definition) is 2. The van der Waals surface area contributed by atoms with Crippen molar-refractivity contribution in [1.82, 2.24) is 24.8 Å². The van der Waals surface area contributed by atoms with E-state index in [9.17, 15) is 19.2 Å². The van der Waals surface area contributed by atoms with E-state index in [-0.39, 0.29) is 54.6 Å². The van der Waals surface area contributed by atoms with Gasteiger partial charge in [-0.25, -0.2) is 9.78 Å². The Bertz CT molecular complexity index is 1590. The van der Waals surface area contributed by atoms with Gasteiger partial charge in [0, 0.05) is 45.5 Å². The molecule has 3 aromatic rings. The third-order valence-electron chi connectivity index (χ3n) is 7.94. The maximum absolute atomic E-state index is 13.5. The van der Waals surface area contributed by atoms with Gasteiger partial charge in [-0.15, -0.1) is 0 Å². The number of nitrogens with one attached hydrogen (secondary N) is 2. The number of Topliss-reactive ketones (excluding diaryl/α,β-unsaturated/α-hetero) is 1. The molecule has 2 N–H and O–H groups in total. The molecule has 1 aromatic carbocycles. The summed E-state index contributed by atoms with van der Waals surface area (Å²) >= 11 is 0. The maximum atomic E-state index is 13.5. The summed E-state index contributed by atoms with van der Waals surface area (Å²) in [6, 6.07) is 8.53. The number of aromatic amines is 1. The second kappa shape index (κ2) is 15.8. The van der Waals surface area contributed by atoms with Gasteiger partial charge in [-0.1, -0.05) is 45.0 Å². The average molecular weight is 634 g/mol. The molecule has 0 spiro atoms. The third kappa shape index (κ3) is 10.1. The molecule has 2 amide bonds. The molecule has 11 nitrogen and oxygen atoms in total. The molecule has 1 saturated heterocycles. The summed E-state index contributed by atoms with van der Waals surface area (Å²) in [5.74, 6) is 0.369. The maximum Gasteiger partial charge on any atom is 0.407 e. The highest BCUT2D eigenvalue weighted by atomic mass is 16.5. The van der Waals surface area contributed by atoms with Crippen molar-refractivity contribution in [2.45, 2.75) is 71.9 Å².